The molecule has 0 bridgehead atoms. The van der Waals surface area contributed by atoms with E-state index in [4.69, 9.17) is 4.74 Å². The third kappa shape index (κ3) is 6.29. The van der Waals surface area contributed by atoms with Crippen molar-refractivity contribution >= 4 is 22.1 Å². The van der Waals surface area contributed by atoms with Crippen molar-refractivity contribution in [2.24, 2.45) is 0 Å². The number of benzene rings is 2. The highest BCUT2D eigenvalue weighted by Gasteiger charge is 2.30. The number of nitrogens with one attached hydrogen (secondary N) is 2. The molecule has 0 aliphatic carbocycles. The molecule has 2 aliphatic rings. The Balaban J connectivity index is 1.17. The maximum absolute atomic E-state index is 13.2. The first-order valence-electron chi connectivity index (χ1n) is 12.9. The standard InChI is InChI=1S/C27H32N6O4S/c34-27(37-20-21-4-2-1-3-5-21)32-16-18-33(19-17-32)38(35,36)24-8-6-22(7-9-24)25-12-15-29-26(31-25)30-23-10-13-28-14-11-23/h1-9,12,15,23,28H,10-11,13-14,16-20H2,(H,29,30,31). The zero-order valence-corrected chi connectivity index (χ0v) is 21.9. The zero-order chi connectivity index (χ0) is 26.4. The lowest BCUT2D eigenvalue weighted by Gasteiger charge is -2.33. The molecule has 2 aliphatic heterocycles. The van der Waals surface area contributed by atoms with Crippen molar-refractivity contribution in [1.29, 1.82) is 0 Å². The molecular weight excluding hydrogens is 504 g/mol. The highest BCUT2D eigenvalue weighted by molar-refractivity contribution is 7.89. The Kier molecular flexibility index (Phi) is 8.16. The number of carbonyl (C=O) groups is 1. The summed E-state index contributed by atoms with van der Waals surface area (Å²) in [6.07, 6.45) is 3.31. The monoisotopic (exact) mass is 536 g/mol. The van der Waals surface area contributed by atoms with Gasteiger partial charge in [-0.1, -0.05) is 42.5 Å². The fraction of sp³-hybridized carbons (Fsp3) is 0.370. The fourth-order valence-corrected chi connectivity index (χ4v) is 6.03. The molecule has 0 saturated carbocycles. The van der Waals surface area contributed by atoms with Gasteiger partial charge < -0.3 is 20.3 Å². The van der Waals surface area contributed by atoms with Gasteiger partial charge in [-0.25, -0.2) is 23.2 Å². The average Bonchev–Trinajstić information content (AvgIpc) is 2.97. The number of ether oxygens (including phenoxy) is 1. The summed E-state index contributed by atoms with van der Waals surface area (Å²) < 4.78 is 33.3. The topological polar surface area (TPSA) is 117 Å². The molecule has 0 spiro atoms. The number of rotatable bonds is 7. The minimum absolute atomic E-state index is 0.187. The van der Waals surface area contributed by atoms with Gasteiger partial charge in [0.15, 0.2) is 0 Å². The molecule has 0 atom stereocenters. The fourth-order valence-electron chi connectivity index (χ4n) is 4.61. The summed E-state index contributed by atoms with van der Waals surface area (Å²) in [5.74, 6) is 0.575. The highest BCUT2D eigenvalue weighted by Crippen LogP contribution is 2.23. The summed E-state index contributed by atoms with van der Waals surface area (Å²) in [4.78, 5) is 23.1. The molecule has 11 heteroatoms. The number of carbonyl (C=O) groups excluding carboxylic acids is 1. The van der Waals surface area contributed by atoms with E-state index in [0.29, 0.717) is 12.0 Å². The molecule has 3 heterocycles. The third-order valence-electron chi connectivity index (χ3n) is 6.82. The Bertz CT molecular complexity index is 1320. The van der Waals surface area contributed by atoms with Gasteiger partial charge in [0.25, 0.3) is 0 Å². The van der Waals surface area contributed by atoms with Crippen molar-refractivity contribution in [3.63, 3.8) is 0 Å². The molecule has 2 N–H and O–H groups in total. The third-order valence-corrected chi connectivity index (χ3v) is 8.73. The molecule has 2 aromatic carbocycles. The second kappa shape index (κ2) is 11.9. The minimum Gasteiger partial charge on any atom is -0.445 e. The number of piperidine rings is 1. The molecule has 3 aromatic rings. The Hall–Kier alpha value is -3.54. The number of piperazine rings is 1. The maximum atomic E-state index is 13.2. The normalized spacial score (nSPS) is 17.2. The predicted octanol–water partition coefficient (Wildman–Crippen LogP) is 2.95. The molecule has 0 radical (unpaired) electrons. The van der Waals surface area contributed by atoms with Crippen LogP contribution < -0.4 is 10.6 Å². The smallest absolute Gasteiger partial charge is 0.410 e. The van der Waals surface area contributed by atoms with Crippen molar-refractivity contribution in [3.05, 3.63) is 72.4 Å². The lowest BCUT2D eigenvalue weighted by molar-refractivity contribution is 0.0838. The van der Waals surface area contributed by atoms with Crippen LogP contribution in [0.4, 0.5) is 10.7 Å². The van der Waals surface area contributed by atoms with Crippen molar-refractivity contribution in [2.75, 3.05) is 44.6 Å². The van der Waals surface area contributed by atoms with Gasteiger partial charge >= 0.3 is 6.09 Å². The van der Waals surface area contributed by atoms with E-state index < -0.39 is 16.1 Å². The van der Waals surface area contributed by atoms with Crippen LogP contribution in [0.15, 0.2) is 71.8 Å². The molecule has 2 saturated heterocycles. The molecule has 5 rings (SSSR count). The van der Waals surface area contributed by atoms with Gasteiger partial charge in [0.1, 0.15) is 6.61 Å². The Labute approximate surface area is 223 Å². The SMILES string of the molecule is O=C(OCc1ccccc1)N1CCN(S(=O)(=O)c2ccc(-c3ccnc(NC4CCNCC4)n3)cc2)CC1. The number of aromatic nitrogens is 2. The lowest BCUT2D eigenvalue weighted by atomic mass is 10.1. The van der Waals surface area contributed by atoms with Gasteiger partial charge in [0.05, 0.1) is 10.6 Å². The molecule has 10 nitrogen and oxygen atoms in total. The van der Waals surface area contributed by atoms with E-state index in [0.717, 1.165) is 42.8 Å². The number of amides is 1. The highest BCUT2D eigenvalue weighted by atomic mass is 32.2. The van der Waals surface area contributed by atoms with Crippen LogP contribution in [-0.2, 0) is 21.4 Å². The summed E-state index contributed by atoms with van der Waals surface area (Å²) in [5.41, 5.74) is 2.44. The van der Waals surface area contributed by atoms with Gasteiger partial charge in [0, 0.05) is 44.0 Å². The number of anilines is 1. The summed E-state index contributed by atoms with van der Waals surface area (Å²) in [5, 5.41) is 6.74. The van der Waals surface area contributed by atoms with Crippen molar-refractivity contribution in [3.8, 4) is 11.3 Å². The first-order chi connectivity index (χ1) is 18.5. The quantitative estimate of drug-likeness (QED) is 0.474. The molecule has 1 amide bonds. The Morgan fingerprint density at radius 1 is 0.974 bits per heavy atom. The second-order valence-corrected chi connectivity index (χ2v) is 11.3. The van der Waals surface area contributed by atoms with Crippen LogP contribution in [0.1, 0.15) is 18.4 Å². The summed E-state index contributed by atoms with van der Waals surface area (Å²) in [6.45, 7) is 3.11. The molecule has 1 aromatic heterocycles. The van der Waals surface area contributed by atoms with E-state index in [2.05, 4.69) is 20.6 Å². The van der Waals surface area contributed by atoms with Crippen LogP contribution in [0.3, 0.4) is 0 Å². The van der Waals surface area contributed by atoms with Gasteiger partial charge in [-0.3, -0.25) is 0 Å². The molecular formula is C27H32N6O4S. The van der Waals surface area contributed by atoms with Gasteiger partial charge in [0.2, 0.25) is 16.0 Å². The predicted molar refractivity (Wildman–Crippen MR) is 144 cm³/mol. The number of sulfonamides is 1. The van der Waals surface area contributed by atoms with Crippen LogP contribution in [0, 0.1) is 0 Å². The van der Waals surface area contributed by atoms with Gasteiger partial charge in [-0.15, -0.1) is 0 Å². The van der Waals surface area contributed by atoms with E-state index >= 15 is 0 Å². The molecule has 200 valence electrons. The zero-order valence-electron chi connectivity index (χ0n) is 21.1. The number of hydrogen-bond donors (Lipinski definition) is 2. The largest absolute Gasteiger partial charge is 0.445 e. The van der Waals surface area contributed by atoms with E-state index in [9.17, 15) is 13.2 Å². The van der Waals surface area contributed by atoms with Crippen LogP contribution in [0.2, 0.25) is 0 Å². The molecule has 2 fully saturated rings. The van der Waals surface area contributed by atoms with E-state index in [-0.39, 0.29) is 37.7 Å². The van der Waals surface area contributed by atoms with E-state index in [1.807, 2.05) is 36.4 Å². The van der Waals surface area contributed by atoms with E-state index in [1.165, 1.54) is 4.31 Å². The van der Waals surface area contributed by atoms with E-state index in [1.54, 1.807) is 35.4 Å². The van der Waals surface area contributed by atoms with Gasteiger partial charge in [-0.2, -0.15) is 4.31 Å². The summed E-state index contributed by atoms with van der Waals surface area (Å²) >= 11 is 0. The summed E-state index contributed by atoms with van der Waals surface area (Å²) in [7, 11) is -3.69. The first kappa shape index (κ1) is 26.1. The molecule has 0 unspecified atom stereocenters. The second-order valence-electron chi connectivity index (χ2n) is 9.39. The van der Waals surface area contributed by atoms with Gasteiger partial charge in [-0.05, 0) is 49.7 Å². The van der Waals surface area contributed by atoms with Crippen molar-refractivity contribution in [2.45, 2.75) is 30.4 Å². The lowest BCUT2D eigenvalue weighted by Crippen LogP contribution is -2.50. The number of hydrogen-bond acceptors (Lipinski definition) is 8. The van der Waals surface area contributed by atoms with Crippen LogP contribution in [-0.4, -0.2) is 79.0 Å². The average molecular weight is 537 g/mol. The maximum Gasteiger partial charge on any atom is 0.410 e. The Morgan fingerprint density at radius 3 is 2.39 bits per heavy atom. The number of nitrogens with zero attached hydrogens (tertiary/aromatic N) is 4. The van der Waals surface area contributed by atoms with Crippen molar-refractivity contribution < 1.29 is 17.9 Å². The summed E-state index contributed by atoms with van der Waals surface area (Å²) in [6, 6.07) is 18.3. The molecule has 38 heavy (non-hydrogen) atoms. The van der Waals surface area contributed by atoms with Crippen LogP contribution in [0.25, 0.3) is 11.3 Å². The van der Waals surface area contributed by atoms with Crippen molar-refractivity contribution in [1.82, 2.24) is 24.5 Å². The van der Waals surface area contributed by atoms with Crippen LogP contribution >= 0.6 is 0 Å². The first-order valence-corrected chi connectivity index (χ1v) is 14.3. The Morgan fingerprint density at radius 2 is 1.68 bits per heavy atom. The van der Waals surface area contributed by atoms with Crippen LogP contribution in [0.5, 0.6) is 0 Å². The minimum atomic E-state index is -3.69.